The van der Waals surface area contributed by atoms with Gasteiger partial charge in [-0.3, -0.25) is 9.78 Å². The summed E-state index contributed by atoms with van der Waals surface area (Å²) in [4.78, 5) is 27.0. The molecule has 6 nitrogen and oxygen atoms in total. The Labute approximate surface area is 110 Å². The molecule has 0 bridgehead atoms. The number of carboxylic acid groups (broad SMARTS) is 1. The third kappa shape index (κ3) is 3.29. The summed E-state index contributed by atoms with van der Waals surface area (Å²) in [5.74, 6) is -1.32. The predicted octanol–water partition coefficient (Wildman–Crippen LogP) is 0.374. The Kier molecular flexibility index (Phi) is 4.11. The Hall–Kier alpha value is -1.95. The van der Waals surface area contributed by atoms with Gasteiger partial charge in [0.2, 0.25) is 5.91 Å². The Bertz CT molecular complexity index is 455. The van der Waals surface area contributed by atoms with E-state index in [-0.39, 0.29) is 18.9 Å². The fourth-order valence-electron chi connectivity index (χ4n) is 2.02. The van der Waals surface area contributed by atoms with E-state index in [1.807, 2.05) is 6.07 Å². The molecular weight excluding hydrogens is 248 g/mol. The van der Waals surface area contributed by atoms with Crippen LogP contribution >= 0.6 is 0 Å². The second-order valence-corrected chi connectivity index (χ2v) is 4.60. The molecule has 1 aromatic rings. The molecule has 0 radical (unpaired) electrons. The molecule has 2 rings (SSSR count). The average Bonchev–Trinajstić information content (AvgIpc) is 2.87. The smallest absolute Gasteiger partial charge is 0.331 e. The summed E-state index contributed by atoms with van der Waals surface area (Å²) < 4.78 is 5.08. The molecule has 1 aromatic heterocycles. The molecule has 102 valence electrons. The van der Waals surface area contributed by atoms with Crippen molar-refractivity contribution in [2.45, 2.75) is 24.8 Å². The van der Waals surface area contributed by atoms with Crippen LogP contribution in [0.2, 0.25) is 0 Å². The molecule has 1 fully saturated rings. The lowest BCUT2D eigenvalue weighted by Crippen LogP contribution is -2.55. The number of aliphatic carboxylic acids is 1. The van der Waals surface area contributed by atoms with Gasteiger partial charge in [-0.05, 0) is 18.1 Å². The molecule has 1 atom stereocenters. The van der Waals surface area contributed by atoms with E-state index in [0.29, 0.717) is 19.4 Å². The van der Waals surface area contributed by atoms with Gasteiger partial charge in [0.05, 0.1) is 6.61 Å². The van der Waals surface area contributed by atoms with Crippen molar-refractivity contribution in [3.8, 4) is 0 Å². The summed E-state index contributed by atoms with van der Waals surface area (Å²) in [6.45, 7) is 0.385. The van der Waals surface area contributed by atoms with Gasteiger partial charge < -0.3 is 15.2 Å². The molecule has 1 aliphatic rings. The van der Waals surface area contributed by atoms with Crippen molar-refractivity contribution in [3.05, 3.63) is 30.1 Å². The normalized spacial score (nSPS) is 22.1. The quantitative estimate of drug-likeness (QED) is 0.802. The third-order valence-corrected chi connectivity index (χ3v) is 3.17. The summed E-state index contributed by atoms with van der Waals surface area (Å²) in [6, 6.07) is 3.68. The van der Waals surface area contributed by atoms with Gasteiger partial charge in [-0.15, -0.1) is 0 Å². The van der Waals surface area contributed by atoms with Gasteiger partial charge in [-0.2, -0.15) is 0 Å². The van der Waals surface area contributed by atoms with E-state index in [1.54, 1.807) is 18.5 Å². The fourth-order valence-corrected chi connectivity index (χ4v) is 2.02. The average molecular weight is 264 g/mol. The van der Waals surface area contributed by atoms with Crippen LogP contribution in [0.5, 0.6) is 0 Å². The first-order valence-corrected chi connectivity index (χ1v) is 6.13. The minimum absolute atomic E-state index is 0.0287. The van der Waals surface area contributed by atoms with Crippen LogP contribution in [0.4, 0.5) is 0 Å². The molecule has 0 aromatic carbocycles. The minimum atomic E-state index is -1.26. The zero-order valence-corrected chi connectivity index (χ0v) is 10.5. The van der Waals surface area contributed by atoms with Crippen molar-refractivity contribution in [1.82, 2.24) is 10.3 Å². The summed E-state index contributed by atoms with van der Waals surface area (Å²) >= 11 is 0. The third-order valence-electron chi connectivity index (χ3n) is 3.17. The number of hydrogen-bond acceptors (Lipinski definition) is 4. The van der Waals surface area contributed by atoms with Gasteiger partial charge in [-0.25, -0.2) is 4.79 Å². The largest absolute Gasteiger partial charge is 0.479 e. The molecule has 2 heterocycles. The molecule has 1 aliphatic heterocycles. The number of aromatic nitrogens is 1. The van der Waals surface area contributed by atoms with Crippen LogP contribution in [0.25, 0.3) is 0 Å². The minimum Gasteiger partial charge on any atom is -0.479 e. The van der Waals surface area contributed by atoms with Gasteiger partial charge in [0.1, 0.15) is 0 Å². The number of ether oxygens (including phenoxy) is 1. The van der Waals surface area contributed by atoms with Crippen molar-refractivity contribution in [1.29, 1.82) is 0 Å². The second kappa shape index (κ2) is 5.79. The van der Waals surface area contributed by atoms with E-state index < -0.39 is 11.5 Å². The maximum absolute atomic E-state index is 11.8. The first-order valence-electron chi connectivity index (χ1n) is 6.13. The van der Waals surface area contributed by atoms with Crippen molar-refractivity contribution in [2.24, 2.45) is 0 Å². The lowest BCUT2D eigenvalue weighted by atomic mass is 9.98. The van der Waals surface area contributed by atoms with E-state index in [0.717, 1.165) is 5.56 Å². The highest BCUT2D eigenvalue weighted by Crippen LogP contribution is 2.19. The highest BCUT2D eigenvalue weighted by Gasteiger charge is 2.43. The number of carbonyl (C=O) groups is 2. The number of carbonyl (C=O) groups excluding carboxylic acids is 1. The first-order chi connectivity index (χ1) is 9.12. The van der Waals surface area contributed by atoms with Gasteiger partial charge in [-0.1, -0.05) is 6.07 Å². The van der Waals surface area contributed by atoms with E-state index >= 15 is 0 Å². The monoisotopic (exact) mass is 264 g/mol. The van der Waals surface area contributed by atoms with Gasteiger partial charge in [0.25, 0.3) is 0 Å². The molecule has 6 heteroatoms. The van der Waals surface area contributed by atoms with Crippen LogP contribution in [0.1, 0.15) is 18.4 Å². The molecule has 1 amide bonds. The second-order valence-electron chi connectivity index (χ2n) is 4.60. The van der Waals surface area contributed by atoms with Crippen molar-refractivity contribution >= 4 is 11.9 Å². The van der Waals surface area contributed by atoms with Crippen LogP contribution < -0.4 is 5.32 Å². The van der Waals surface area contributed by atoms with Crippen molar-refractivity contribution < 1.29 is 19.4 Å². The lowest BCUT2D eigenvalue weighted by Gasteiger charge is -2.23. The maximum atomic E-state index is 11.8. The molecule has 0 spiro atoms. The van der Waals surface area contributed by atoms with Crippen LogP contribution in [-0.2, 0) is 20.7 Å². The van der Waals surface area contributed by atoms with Crippen LogP contribution in [0.15, 0.2) is 24.5 Å². The lowest BCUT2D eigenvalue weighted by molar-refractivity contribution is -0.147. The van der Waals surface area contributed by atoms with Crippen molar-refractivity contribution in [3.63, 3.8) is 0 Å². The molecule has 0 saturated carbocycles. The molecule has 1 saturated heterocycles. The number of carboxylic acids is 1. The summed E-state index contributed by atoms with van der Waals surface area (Å²) in [7, 11) is 0. The number of amides is 1. The highest BCUT2D eigenvalue weighted by molar-refractivity contribution is 5.87. The first kappa shape index (κ1) is 13.5. The topological polar surface area (TPSA) is 88.5 Å². The van der Waals surface area contributed by atoms with Crippen LogP contribution in [-0.4, -0.2) is 40.7 Å². The highest BCUT2D eigenvalue weighted by atomic mass is 16.5. The molecule has 19 heavy (non-hydrogen) atoms. The van der Waals surface area contributed by atoms with E-state index in [4.69, 9.17) is 4.74 Å². The standard InChI is InChI=1S/C13H16N2O4/c16-11(4-3-10-2-1-6-14-8-10)15-13(12(17)18)5-7-19-9-13/h1-2,6,8H,3-5,7,9H2,(H,15,16)(H,17,18). The van der Waals surface area contributed by atoms with E-state index in [9.17, 15) is 14.7 Å². The number of rotatable bonds is 5. The van der Waals surface area contributed by atoms with Crippen LogP contribution in [0, 0.1) is 0 Å². The maximum Gasteiger partial charge on any atom is 0.331 e. The molecular formula is C13H16N2O4. The summed E-state index contributed by atoms with van der Waals surface area (Å²) in [5, 5.41) is 11.8. The van der Waals surface area contributed by atoms with Crippen LogP contribution in [0.3, 0.4) is 0 Å². The zero-order valence-electron chi connectivity index (χ0n) is 10.5. The Morgan fingerprint density at radius 1 is 1.53 bits per heavy atom. The Morgan fingerprint density at radius 2 is 2.37 bits per heavy atom. The number of nitrogens with one attached hydrogen (secondary N) is 1. The predicted molar refractivity (Wildman–Crippen MR) is 66.5 cm³/mol. The number of nitrogens with zero attached hydrogens (tertiary/aromatic N) is 1. The fraction of sp³-hybridized carbons (Fsp3) is 0.462. The Balaban J connectivity index is 1.88. The van der Waals surface area contributed by atoms with Gasteiger partial charge in [0, 0.05) is 31.8 Å². The summed E-state index contributed by atoms with van der Waals surface area (Å²) in [6.07, 6.45) is 4.44. The number of aryl methyl sites for hydroxylation is 1. The molecule has 2 N–H and O–H groups in total. The zero-order chi connectivity index (χ0) is 13.7. The Morgan fingerprint density at radius 3 is 2.95 bits per heavy atom. The van der Waals surface area contributed by atoms with Gasteiger partial charge >= 0.3 is 5.97 Å². The number of hydrogen-bond donors (Lipinski definition) is 2. The van der Waals surface area contributed by atoms with Gasteiger partial charge in [0.15, 0.2) is 5.54 Å². The number of pyridine rings is 1. The van der Waals surface area contributed by atoms with E-state index in [2.05, 4.69) is 10.3 Å². The summed E-state index contributed by atoms with van der Waals surface area (Å²) in [5.41, 5.74) is -0.309. The van der Waals surface area contributed by atoms with E-state index in [1.165, 1.54) is 0 Å². The molecule has 1 unspecified atom stereocenters. The van der Waals surface area contributed by atoms with Crippen molar-refractivity contribution in [2.75, 3.05) is 13.2 Å². The SMILES string of the molecule is O=C(CCc1cccnc1)NC1(C(=O)O)CCOC1. The molecule has 0 aliphatic carbocycles.